The van der Waals surface area contributed by atoms with E-state index >= 15 is 0 Å². The summed E-state index contributed by atoms with van der Waals surface area (Å²) < 4.78 is 0. The topological polar surface area (TPSA) is 20.2 Å². The van der Waals surface area contributed by atoms with Crippen LogP contribution >= 0.6 is 24.8 Å². The van der Waals surface area contributed by atoms with Gasteiger partial charge in [0, 0.05) is 7.11 Å². The van der Waals surface area contributed by atoms with Gasteiger partial charge in [0.15, 0.2) is 0 Å². The van der Waals surface area contributed by atoms with E-state index in [2.05, 4.69) is 66.7 Å². The predicted molar refractivity (Wildman–Crippen MR) is 108 cm³/mol. The van der Waals surface area contributed by atoms with E-state index in [-0.39, 0.29) is 46.5 Å². The van der Waals surface area contributed by atoms with Crippen molar-refractivity contribution in [2.45, 2.75) is 48.5 Å². The third kappa shape index (κ3) is 9.44. The third-order valence-corrected chi connectivity index (χ3v) is 3.64. The molecule has 1 N–H and O–H groups in total. The number of aliphatic hydroxyl groups is 1. The molecule has 1 aromatic rings. The molecule has 0 bridgehead atoms. The molecule has 1 unspecified atom stereocenters. The summed E-state index contributed by atoms with van der Waals surface area (Å²) in [6.07, 6.45) is 0. The fraction of sp³-hybridized carbons (Fsp3) is 0.450. The summed E-state index contributed by atoms with van der Waals surface area (Å²) in [5.41, 5.74) is 7.08. The smallest absolute Gasteiger partial charge is 0.400 e. The number of aliphatic hydroxyl groups excluding tert-OH is 1. The summed E-state index contributed by atoms with van der Waals surface area (Å²) in [6.45, 7) is 15.2. The normalized spacial score (nSPS) is 15.2. The summed E-state index contributed by atoms with van der Waals surface area (Å²) in [5.74, 6) is 1.96. The number of hydrogen-bond donors (Lipinski definition) is 1. The van der Waals surface area contributed by atoms with Crippen LogP contribution in [0.15, 0.2) is 41.0 Å². The molecule has 4 heteroatoms. The van der Waals surface area contributed by atoms with Gasteiger partial charge in [-0.25, -0.2) is 0 Å². The monoisotopic (exact) mass is 406 g/mol. The Morgan fingerprint density at radius 3 is 1.71 bits per heavy atom. The van der Waals surface area contributed by atoms with Gasteiger partial charge >= 0.3 is 21.7 Å². The summed E-state index contributed by atoms with van der Waals surface area (Å²) >= 11 is 0. The van der Waals surface area contributed by atoms with Crippen molar-refractivity contribution in [3.63, 3.8) is 0 Å². The summed E-state index contributed by atoms with van der Waals surface area (Å²) in [5, 5.41) is 7.00. The Kier molecular flexibility index (Phi) is 21.7. The Labute approximate surface area is 176 Å². The van der Waals surface area contributed by atoms with E-state index in [0.29, 0.717) is 5.92 Å². The van der Waals surface area contributed by atoms with Crippen LogP contribution in [0.3, 0.4) is 0 Å². The van der Waals surface area contributed by atoms with E-state index < -0.39 is 0 Å². The van der Waals surface area contributed by atoms with Gasteiger partial charge in [0.2, 0.25) is 0 Å². The van der Waals surface area contributed by atoms with Gasteiger partial charge in [-0.05, 0) is 26.7 Å². The molecule has 1 nitrogen and oxygen atoms in total. The van der Waals surface area contributed by atoms with Crippen molar-refractivity contribution in [3.8, 4) is 0 Å². The van der Waals surface area contributed by atoms with Crippen molar-refractivity contribution in [2.75, 3.05) is 7.11 Å². The Bertz CT molecular complexity index is 491. The van der Waals surface area contributed by atoms with E-state index in [1.54, 1.807) is 0 Å². The second kappa shape index (κ2) is 16.4. The molecule has 24 heavy (non-hydrogen) atoms. The van der Waals surface area contributed by atoms with E-state index in [1.807, 2.05) is 12.1 Å². The molecule has 0 saturated carbocycles. The first kappa shape index (κ1) is 31.7. The minimum atomic E-state index is 0. The first-order valence-corrected chi connectivity index (χ1v) is 7.43. The number of rotatable bonds is 1. The van der Waals surface area contributed by atoms with E-state index in [4.69, 9.17) is 5.11 Å². The van der Waals surface area contributed by atoms with Crippen molar-refractivity contribution in [1.29, 1.82) is 0 Å². The molecule has 0 fully saturated rings. The molecule has 1 aliphatic carbocycles. The molecular formula is C20H32Cl2OTi. The van der Waals surface area contributed by atoms with Gasteiger partial charge < -0.3 is 11.0 Å². The zero-order valence-corrected chi connectivity index (χ0v) is 19.3. The Morgan fingerprint density at radius 1 is 0.958 bits per heavy atom. The quantitative estimate of drug-likeness (QED) is 0.427. The molecule has 2 rings (SSSR count). The maximum atomic E-state index is 7.00. The van der Waals surface area contributed by atoms with Crippen molar-refractivity contribution < 1.29 is 26.8 Å². The van der Waals surface area contributed by atoms with E-state index in [0.717, 1.165) is 7.11 Å². The molecule has 136 valence electrons. The first-order chi connectivity index (χ1) is 9.86. The van der Waals surface area contributed by atoms with Crippen LogP contribution in [0.2, 0.25) is 0 Å². The largest absolute Gasteiger partial charge is 2.00 e. The first-order valence-electron chi connectivity index (χ1n) is 7.43. The van der Waals surface area contributed by atoms with Crippen molar-refractivity contribution in [1.82, 2.24) is 0 Å². The average molecular weight is 407 g/mol. The average Bonchev–Trinajstić information content (AvgIpc) is 2.66. The molecule has 0 aromatic heterocycles. The fourth-order valence-corrected chi connectivity index (χ4v) is 2.36. The second-order valence-corrected chi connectivity index (χ2v) is 5.84. The van der Waals surface area contributed by atoms with Crippen molar-refractivity contribution >= 4 is 30.4 Å². The maximum Gasteiger partial charge on any atom is 2.00 e. The van der Waals surface area contributed by atoms with Crippen molar-refractivity contribution in [3.05, 3.63) is 58.5 Å². The number of halogens is 2. The number of allylic oxidation sites excluding steroid dienone is 4. The molecule has 0 aliphatic heterocycles. The molecule has 0 heterocycles. The van der Waals surface area contributed by atoms with Gasteiger partial charge in [0.1, 0.15) is 0 Å². The van der Waals surface area contributed by atoms with Crippen LogP contribution in [0.25, 0.3) is 5.57 Å². The summed E-state index contributed by atoms with van der Waals surface area (Å²) in [6, 6.07) is 11.6. The summed E-state index contributed by atoms with van der Waals surface area (Å²) in [7, 11) is 1.00. The molecule has 0 saturated heterocycles. The molecule has 1 aliphatic rings. The van der Waals surface area contributed by atoms with E-state index in [9.17, 15) is 0 Å². The van der Waals surface area contributed by atoms with Crippen LogP contribution in [-0.2, 0) is 21.7 Å². The molecular weight excluding hydrogens is 375 g/mol. The van der Waals surface area contributed by atoms with Gasteiger partial charge in [0.05, 0.1) is 0 Å². The van der Waals surface area contributed by atoms with Crippen LogP contribution < -0.4 is 0 Å². The van der Waals surface area contributed by atoms with Gasteiger partial charge in [-0.2, -0.15) is 20.8 Å². The fourth-order valence-electron chi connectivity index (χ4n) is 2.36. The minimum Gasteiger partial charge on any atom is -0.400 e. The zero-order valence-electron chi connectivity index (χ0n) is 16.2. The van der Waals surface area contributed by atoms with Crippen LogP contribution in [0.4, 0.5) is 0 Å². The molecule has 0 radical (unpaired) electrons. The van der Waals surface area contributed by atoms with Gasteiger partial charge in [-0.15, -0.1) is 66.3 Å². The van der Waals surface area contributed by atoms with Crippen molar-refractivity contribution in [2.24, 2.45) is 5.92 Å². The third-order valence-electron chi connectivity index (χ3n) is 3.64. The Hall–Kier alpha value is -0.0457. The molecule has 0 amide bonds. The maximum absolute atomic E-state index is 7.00. The standard InChI is InChI=1S/C15H17.C4H9.CH4O.2ClH.Ti/c1-10-11(2)13(4)15(12(10)3)14-8-6-5-7-9-14;1-4(2)3;1-2;;;/h5-8,12H,1-4H3;1-3H3;2H,1H3;2*1H;/q2*-1;;;;+2. The number of hydrogen-bond acceptors (Lipinski definition) is 1. The second-order valence-electron chi connectivity index (χ2n) is 5.84. The SMILES string of the molecule is CC1=C(C)C(C)C(c2[c-]cccc2)=C1C.CO.C[C-](C)C.Cl.Cl.[Ti+2]. The van der Waals surface area contributed by atoms with E-state index in [1.165, 1.54) is 33.8 Å². The number of benzene rings is 1. The van der Waals surface area contributed by atoms with Crippen LogP contribution in [0.1, 0.15) is 54.0 Å². The van der Waals surface area contributed by atoms with Gasteiger partial charge in [-0.1, -0.05) is 23.6 Å². The van der Waals surface area contributed by atoms with Crippen LogP contribution in [0, 0.1) is 17.9 Å². The predicted octanol–water partition coefficient (Wildman–Crippen LogP) is 6.32. The molecule has 1 aromatic carbocycles. The zero-order chi connectivity index (χ0) is 16.6. The van der Waals surface area contributed by atoms with Crippen LogP contribution in [0.5, 0.6) is 0 Å². The Balaban J connectivity index is -0.000000197. The van der Waals surface area contributed by atoms with Gasteiger partial charge in [0.25, 0.3) is 0 Å². The summed E-state index contributed by atoms with van der Waals surface area (Å²) in [4.78, 5) is 0. The minimum absolute atomic E-state index is 0. The van der Waals surface area contributed by atoms with Gasteiger partial charge in [-0.3, -0.25) is 0 Å². The van der Waals surface area contributed by atoms with Crippen LogP contribution in [-0.4, -0.2) is 12.2 Å². The Morgan fingerprint density at radius 2 is 1.42 bits per heavy atom. The molecule has 1 atom stereocenters. The molecule has 0 spiro atoms.